The number of nitrogens with one attached hydrogen (secondary N) is 1. The van der Waals surface area contributed by atoms with Crippen LogP contribution < -0.4 is 5.32 Å². The molecule has 2 atom stereocenters. The molecule has 0 bridgehead atoms. The molecule has 104 valence electrons. The zero-order valence-corrected chi connectivity index (χ0v) is 12.6. The Kier molecular flexibility index (Phi) is 6.41. The number of aryl methyl sites for hydroxylation is 1. The van der Waals surface area contributed by atoms with Gasteiger partial charge < -0.3 is 5.32 Å². The van der Waals surface area contributed by atoms with Gasteiger partial charge >= 0.3 is 0 Å². The number of hydrogen-bond donors (Lipinski definition) is 1. The number of hydrogen-bond acceptors (Lipinski definition) is 2. The van der Waals surface area contributed by atoms with Crippen LogP contribution in [0.4, 0.5) is 0 Å². The molecule has 0 aliphatic heterocycles. The smallest absolute Gasteiger partial charge is 0.0522 e. The van der Waals surface area contributed by atoms with Gasteiger partial charge in [-0.05, 0) is 43.7 Å². The summed E-state index contributed by atoms with van der Waals surface area (Å²) in [6.07, 6.45) is 6.46. The quantitative estimate of drug-likeness (QED) is 0.769. The van der Waals surface area contributed by atoms with E-state index in [-0.39, 0.29) is 0 Å². The molecular weight excluding hydrogens is 222 g/mol. The molecule has 0 saturated heterocycles. The molecule has 2 unspecified atom stereocenters. The zero-order chi connectivity index (χ0) is 13.5. The first-order valence-electron chi connectivity index (χ1n) is 7.33. The molecule has 0 radical (unpaired) electrons. The monoisotopic (exact) mass is 251 g/mol. The zero-order valence-electron chi connectivity index (χ0n) is 12.6. The van der Waals surface area contributed by atoms with E-state index in [0.29, 0.717) is 17.9 Å². The average Bonchev–Trinajstić information content (AvgIpc) is 2.81. The Morgan fingerprint density at radius 3 is 2.50 bits per heavy atom. The van der Waals surface area contributed by atoms with E-state index in [1.165, 1.54) is 12.0 Å². The SMILES string of the molecule is CCCNC(Cc1cnn(CC)c1)C(C)C(C)C. The number of aromatic nitrogens is 2. The summed E-state index contributed by atoms with van der Waals surface area (Å²) in [6.45, 7) is 13.4. The third-order valence-electron chi connectivity index (χ3n) is 3.81. The predicted molar refractivity (Wildman–Crippen MR) is 77.7 cm³/mol. The van der Waals surface area contributed by atoms with Crippen molar-refractivity contribution in [3.63, 3.8) is 0 Å². The molecule has 1 heterocycles. The van der Waals surface area contributed by atoms with Crippen LogP contribution in [0.5, 0.6) is 0 Å². The molecule has 0 aliphatic carbocycles. The van der Waals surface area contributed by atoms with E-state index < -0.39 is 0 Å². The Morgan fingerprint density at radius 1 is 1.28 bits per heavy atom. The fourth-order valence-electron chi connectivity index (χ4n) is 2.18. The molecule has 0 aromatic carbocycles. The second-order valence-corrected chi connectivity index (χ2v) is 5.57. The van der Waals surface area contributed by atoms with E-state index in [1.54, 1.807) is 0 Å². The molecule has 3 heteroatoms. The van der Waals surface area contributed by atoms with Gasteiger partial charge in [-0.3, -0.25) is 4.68 Å². The van der Waals surface area contributed by atoms with Crippen LogP contribution in [-0.2, 0) is 13.0 Å². The van der Waals surface area contributed by atoms with E-state index in [2.05, 4.69) is 51.2 Å². The van der Waals surface area contributed by atoms with Crippen LogP contribution in [-0.4, -0.2) is 22.4 Å². The maximum Gasteiger partial charge on any atom is 0.0522 e. The van der Waals surface area contributed by atoms with E-state index in [4.69, 9.17) is 0 Å². The predicted octanol–water partition coefficient (Wildman–Crippen LogP) is 3.11. The normalized spacial score (nSPS) is 15.0. The van der Waals surface area contributed by atoms with Crippen molar-refractivity contribution in [2.75, 3.05) is 6.54 Å². The van der Waals surface area contributed by atoms with Gasteiger partial charge in [-0.2, -0.15) is 5.10 Å². The minimum absolute atomic E-state index is 0.555. The maximum absolute atomic E-state index is 4.36. The van der Waals surface area contributed by atoms with Gasteiger partial charge in [0.05, 0.1) is 6.20 Å². The third kappa shape index (κ3) is 4.45. The topological polar surface area (TPSA) is 29.9 Å². The lowest BCUT2D eigenvalue weighted by molar-refractivity contribution is 0.297. The molecule has 0 aliphatic rings. The van der Waals surface area contributed by atoms with Crippen molar-refractivity contribution in [2.45, 2.75) is 60.0 Å². The Balaban J connectivity index is 2.64. The molecular formula is C15H29N3. The van der Waals surface area contributed by atoms with Crippen molar-refractivity contribution in [1.82, 2.24) is 15.1 Å². The first-order chi connectivity index (χ1) is 8.58. The Morgan fingerprint density at radius 2 is 2.00 bits per heavy atom. The molecule has 1 aromatic heterocycles. The van der Waals surface area contributed by atoms with E-state index in [0.717, 1.165) is 19.5 Å². The Labute approximate surface area is 112 Å². The molecule has 18 heavy (non-hydrogen) atoms. The van der Waals surface area contributed by atoms with Crippen LogP contribution in [0.25, 0.3) is 0 Å². The van der Waals surface area contributed by atoms with Gasteiger partial charge in [0.1, 0.15) is 0 Å². The van der Waals surface area contributed by atoms with Crippen LogP contribution in [0.2, 0.25) is 0 Å². The number of nitrogens with zero attached hydrogens (tertiary/aromatic N) is 2. The average molecular weight is 251 g/mol. The second kappa shape index (κ2) is 7.57. The fraction of sp³-hybridized carbons (Fsp3) is 0.800. The first kappa shape index (κ1) is 15.2. The first-order valence-corrected chi connectivity index (χ1v) is 7.33. The van der Waals surface area contributed by atoms with Crippen molar-refractivity contribution < 1.29 is 0 Å². The van der Waals surface area contributed by atoms with Gasteiger partial charge in [0, 0.05) is 18.8 Å². The van der Waals surface area contributed by atoms with Gasteiger partial charge in [-0.25, -0.2) is 0 Å². The maximum atomic E-state index is 4.36. The summed E-state index contributed by atoms with van der Waals surface area (Å²) >= 11 is 0. The van der Waals surface area contributed by atoms with Gasteiger partial charge in [0.25, 0.3) is 0 Å². The molecule has 3 nitrogen and oxygen atoms in total. The van der Waals surface area contributed by atoms with Crippen LogP contribution in [0.3, 0.4) is 0 Å². The van der Waals surface area contributed by atoms with Crippen molar-refractivity contribution in [3.8, 4) is 0 Å². The largest absolute Gasteiger partial charge is 0.313 e. The Bertz CT molecular complexity index is 330. The standard InChI is InChI=1S/C15H29N3/c1-6-8-16-15(13(5)12(3)4)9-14-10-17-18(7-2)11-14/h10-13,15-16H,6-9H2,1-5H3. The summed E-state index contributed by atoms with van der Waals surface area (Å²) in [7, 11) is 0. The van der Waals surface area contributed by atoms with Gasteiger partial charge in [0.2, 0.25) is 0 Å². The highest BCUT2D eigenvalue weighted by Crippen LogP contribution is 2.18. The minimum atomic E-state index is 0.555. The van der Waals surface area contributed by atoms with Crippen LogP contribution >= 0.6 is 0 Å². The lowest BCUT2D eigenvalue weighted by Crippen LogP contribution is -2.39. The number of rotatable bonds is 8. The molecule has 0 saturated carbocycles. The lowest BCUT2D eigenvalue weighted by Gasteiger charge is -2.27. The second-order valence-electron chi connectivity index (χ2n) is 5.57. The van der Waals surface area contributed by atoms with Crippen molar-refractivity contribution in [3.05, 3.63) is 18.0 Å². The minimum Gasteiger partial charge on any atom is -0.313 e. The van der Waals surface area contributed by atoms with Crippen molar-refractivity contribution >= 4 is 0 Å². The fourth-order valence-corrected chi connectivity index (χ4v) is 2.18. The van der Waals surface area contributed by atoms with Gasteiger partial charge in [0.15, 0.2) is 0 Å². The highest BCUT2D eigenvalue weighted by atomic mass is 15.3. The molecule has 0 amide bonds. The van der Waals surface area contributed by atoms with E-state index >= 15 is 0 Å². The van der Waals surface area contributed by atoms with Crippen LogP contribution in [0, 0.1) is 11.8 Å². The molecule has 1 aromatic rings. The summed E-state index contributed by atoms with van der Waals surface area (Å²) in [5, 5.41) is 8.05. The summed E-state index contributed by atoms with van der Waals surface area (Å²) in [6, 6.07) is 0.555. The van der Waals surface area contributed by atoms with E-state index in [9.17, 15) is 0 Å². The Hall–Kier alpha value is -0.830. The van der Waals surface area contributed by atoms with Crippen LogP contribution in [0.1, 0.15) is 46.6 Å². The van der Waals surface area contributed by atoms with Gasteiger partial charge in [-0.15, -0.1) is 0 Å². The third-order valence-corrected chi connectivity index (χ3v) is 3.81. The molecule has 0 spiro atoms. The van der Waals surface area contributed by atoms with E-state index in [1.807, 2.05) is 10.9 Å². The lowest BCUT2D eigenvalue weighted by atomic mass is 9.87. The van der Waals surface area contributed by atoms with Gasteiger partial charge in [-0.1, -0.05) is 27.7 Å². The molecule has 1 rings (SSSR count). The molecule has 0 fully saturated rings. The van der Waals surface area contributed by atoms with Crippen molar-refractivity contribution in [2.24, 2.45) is 11.8 Å². The summed E-state index contributed by atoms with van der Waals surface area (Å²) in [5.41, 5.74) is 1.35. The highest BCUT2D eigenvalue weighted by Gasteiger charge is 2.20. The summed E-state index contributed by atoms with van der Waals surface area (Å²) in [4.78, 5) is 0. The summed E-state index contributed by atoms with van der Waals surface area (Å²) in [5.74, 6) is 1.39. The molecule has 1 N–H and O–H groups in total. The highest BCUT2D eigenvalue weighted by molar-refractivity contribution is 5.07. The van der Waals surface area contributed by atoms with Crippen LogP contribution in [0.15, 0.2) is 12.4 Å². The summed E-state index contributed by atoms with van der Waals surface area (Å²) < 4.78 is 2.01. The van der Waals surface area contributed by atoms with Crippen molar-refractivity contribution in [1.29, 1.82) is 0 Å².